The molecule has 0 spiro atoms. The second kappa shape index (κ2) is 6.00. The predicted molar refractivity (Wildman–Crippen MR) is 50.6 cm³/mol. The maximum atomic E-state index is 2.54. The van der Waals surface area contributed by atoms with Crippen LogP contribution in [0.4, 0.5) is 0 Å². The average molecular weight is 306 g/mol. The van der Waals surface area contributed by atoms with E-state index in [9.17, 15) is 0 Å². The molecule has 3 heteroatoms. The number of benzene rings is 1. The SMILES string of the molecule is [Br-].[Zn+][c]1ccc(CN2CCCC2)cc1. The number of halogens is 1. The Morgan fingerprint density at radius 2 is 1.64 bits per heavy atom. The summed E-state index contributed by atoms with van der Waals surface area (Å²) in [7, 11) is 0. The van der Waals surface area contributed by atoms with Crippen LogP contribution in [-0.4, -0.2) is 18.0 Å². The molecule has 0 unspecified atom stereocenters. The number of hydrogen-bond donors (Lipinski definition) is 0. The van der Waals surface area contributed by atoms with Crippen LogP contribution in [0.25, 0.3) is 0 Å². The van der Waals surface area contributed by atoms with Crippen molar-refractivity contribution >= 4 is 4.16 Å². The zero-order valence-electron chi connectivity index (χ0n) is 8.38. The standard InChI is InChI=1S/C11H14N.BrH.Zn/c1-2-6-11(7-3-1)10-12-8-4-5-9-12;;/h2-3,6-7H,4-5,8-10H2;1H;/q;;+1/p-1. The minimum absolute atomic E-state index is 0. The second-order valence-electron chi connectivity index (χ2n) is 3.80. The summed E-state index contributed by atoms with van der Waals surface area (Å²) in [5, 5.41) is 0. The molecular weight excluding hydrogens is 291 g/mol. The molecule has 0 radical (unpaired) electrons. The second-order valence-corrected chi connectivity index (χ2v) is 5.51. The first-order valence-electron chi connectivity index (χ1n) is 4.98. The summed E-state index contributed by atoms with van der Waals surface area (Å²) < 4.78 is 1.48. The van der Waals surface area contributed by atoms with E-state index in [1.807, 2.05) is 0 Å². The molecule has 1 aromatic rings. The van der Waals surface area contributed by atoms with E-state index in [-0.39, 0.29) is 17.0 Å². The molecular formula is C11H14BrNZn. The third-order valence-electron chi connectivity index (χ3n) is 2.63. The van der Waals surface area contributed by atoms with E-state index < -0.39 is 0 Å². The van der Waals surface area contributed by atoms with Gasteiger partial charge in [-0.25, -0.2) is 0 Å². The summed E-state index contributed by atoms with van der Waals surface area (Å²) in [5.74, 6) is 0. The first-order valence-corrected chi connectivity index (χ1v) is 6.46. The fourth-order valence-electron chi connectivity index (χ4n) is 1.84. The van der Waals surface area contributed by atoms with Crippen LogP contribution in [0, 0.1) is 0 Å². The molecule has 1 saturated heterocycles. The first-order chi connectivity index (χ1) is 6.34. The van der Waals surface area contributed by atoms with Gasteiger partial charge >= 0.3 is 89.7 Å². The van der Waals surface area contributed by atoms with Crippen molar-refractivity contribution in [2.24, 2.45) is 0 Å². The summed E-state index contributed by atoms with van der Waals surface area (Å²) in [5.41, 5.74) is 1.47. The van der Waals surface area contributed by atoms with Gasteiger partial charge < -0.3 is 17.0 Å². The van der Waals surface area contributed by atoms with Crippen molar-refractivity contribution in [2.45, 2.75) is 19.4 Å². The molecule has 0 aliphatic carbocycles. The molecule has 0 aromatic heterocycles. The Labute approximate surface area is 106 Å². The molecule has 0 saturated carbocycles. The number of hydrogen-bond acceptors (Lipinski definition) is 1. The predicted octanol–water partition coefficient (Wildman–Crippen LogP) is -1.54. The Bertz CT molecular complexity index is 267. The normalized spacial score (nSPS) is 16.7. The van der Waals surface area contributed by atoms with Crippen LogP contribution in [0.15, 0.2) is 24.3 Å². The van der Waals surface area contributed by atoms with E-state index in [2.05, 4.69) is 29.2 Å². The molecule has 1 aliphatic rings. The molecule has 72 valence electrons. The summed E-state index contributed by atoms with van der Waals surface area (Å²) in [6.07, 6.45) is 2.77. The molecule has 1 nitrogen and oxygen atoms in total. The van der Waals surface area contributed by atoms with E-state index in [0.29, 0.717) is 0 Å². The molecule has 14 heavy (non-hydrogen) atoms. The Balaban J connectivity index is 0.000000980. The zero-order chi connectivity index (χ0) is 9.10. The van der Waals surface area contributed by atoms with Gasteiger partial charge in [-0.05, 0) is 0 Å². The molecule has 2 rings (SSSR count). The van der Waals surface area contributed by atoms with Gasteiger partial charge in [0, 0.05) is 0 Å². The Morgan fingerprint density at radius 1 is 1.07 bits per heavy atom. The van der Waals surface area contributed by atoms with Gasteiger partial charge in [0.25, 0.3) is 0 Å². The third-order valence-corrected chi connectivity index (χ3v) is 3.62. The molecule has 0 atom stereocenters. The van der Waals surface area contributed by atoms with E-state index >= 15 is 0 Å². The fourth-order valence-corrected chi connectivity index (χ4v) is 2.34. The molecule has 0 N–H and O–H groups in total. The minimum atomic E-state index is 0. The topological polar surface area (TPSA) is 3.24 Å². The van der Waals surface area contributed by atoms with E-state index in [1.54, 1.807) is 0 Å². The number of rotatable bonds is 2. The van der Waals surface area contributed by atoms with E-state index in [0.717, 1.165) is 6.54 Å². The molecule has 1 heterocycles. The van der Waals surface area contributed by atoms with E-state index in [4.69, 9.17) is 0 Å². The summed E-state index contributed by atoms with van der Waals surface area (Å²) >= 11 is 1.27. The van der Waals surface area contributed by atoms with Crippen molar-refractivity contribution in [3.8, 4) is 0 Å². The van der Waals surface area contributed by atoms with Crippen LogP contribution >= 0.6 is 0 Å². The monoisotopic (exact) mass is 303 g/mol. The summed E-state index contributed by atoms with van der Waals surface area (Å²) in [6.45, 7) is 3.74. The molecule has 1 fully saturated rings. The Kier molecular flexibility index (Phi) is 5.29. The van der Waals surface area contributed by atoms with Crippen molar-refractivity contribution in [3.05, 3.63) is 29.8 Å². The fraction of sp³-hybridized carbons (Fsp3) is 0.455. The van der Waals surface area contributed by atoms with Gasteiger partial charge in [0.05, 0.1) is 0 Å². The van der Waals surface area contributed by atoms with Crippen molar-refractivity contribution < 1.29 is 35.3 Å². The quantitative estimate of drug-likeness (QED) is 0.599. The van der Waals surface area contributed by atoms with Crippen molar-refractivity contribution in [1.29, 1.82) is 0 Å². The van der Waals surface area contributed by atoms with Crippen molar-refractivity contribution in [1.82, 2.24) is 4.90 Å². The van der Waals surface area contributed by atoms with Crippen LogP contribution in [0.2, 0.25) is 0 Å². The maximum absolute atomic E-state index is 2.54. The van der Waals surface area contributed by atoms with E-state index in [1.165, 1.54) is 54.0 Å². The van der Waals surface area contributed by atoms with Crippen LogP contribution in [0.1, 0.15) is 18.4 Å². The summed E-state index contributed by atoms with van der Waals surface area (Å²) in [6, 6.07) is 9.06. The van der Waals surface area contributed by atoms with Gasteiger partial charge in [0.15, 0.2) is 0 Å². The first kappa shape index (κ1) is 12.4. The zero-order valence-corrected chi connectivity index (χ0v) is 12.9. The number of nitrogens with zero attached hydrogens (tertiary/aromatic N) is 1. The van der Waals surface area contributed by atoms with Crippen molar-refractivity contribution in [3.63, 3.8) is 0 Å². The third kappa shape index (κ3) is 3.45. The van der Waals surface area contributed by atoms with Crippen LogP contribution < -0.4 is 21.1 Å². The van der Waals surface area contributed by atoms with Gasteiger partial charge in [-0.1, -0.05) is 0 Å². The van der Waals surface area contributed by atoms with Gasteiger partial charge in [-0.2, -0.15) is 0 Å². The Morgan fingerprint density at radius 3 is 2.21 bits per heavy atom. The van der Waals surface area contributed by atoms with Gasteiger partial charge in [-0.3, -0.25) is 0 Å². The van der Waals surface area contributed by atoms with Gasteiger partial charge in [-0.15, -0.1) is 0 Å². The van der Waals surface area contributed by atoms with Crippen LogP contribution in [0.5, 0.6) is 0 Å². The van der Waals surface area contributed by atoms with Crippen LogP contribution in [0.3, 0.4) is 0 Å². The Hall–Kier alpha value is 0.283. The molecule has 0 bridgehead atoms. The van der Waals surface area contributed by atoms with Crippen molar-refractivity contribution in [2.75, 3.05) is 13.1 Å². The van der Waals surface area contributed by atoms with Crippen LogP contribution in [-0.2, 0) is 24.8 Å². The molecule has 1 aromatic carbocycles. The van der Waals surface area contributed by atoms with Gasteiger partial charge in [0.2, 0.25) is 0 Å². The van der Waals surface area contributed by atoms with Gasteiger partial charge in [0.1, 0.15) is 0 Å². The molecule has 0 amide bonds. The molecule has 1 aliphatic heterocycles. The number of likely N-dealkylation sites (tertiary alicyclic amines) is 1. The summed E-state index contributed by atoms with van der Waals surface area (Å²) in [4.78, 5) is 2.54. The average Bonchev–Trinajstić information content (AvgIpc) is 2.62.